The molecule has 0 N–H and O–H groups in total. The van der Waals surface area contributed by atoms with Gasteiger partial charge in [0.2, 0.25) is 0 Å². The quantitative estimate of drug-likeness (QED) is 0.0201. The van der Waals surface area contributed by atoms with Gasteiger partial charge in [-0.05, 0) is 96.3 Å². The van der Waals surface area contributed by atoms with Gasteiger partial charge in [-0.15, -0.1) is 0 Å². The van der Waals surface area contributed by atoms with E-state index < -0.39 is 6.10 Å². The van der Waals surface area contributed by atoms with Crippen LogP contribution in [-0.2, 0) is 28.6 Å². The van der Waals surface area contributed by atoms with Crippen LogP contribution < -0.4 is 0 Å². The van der Waals surface area contributed by atoms with E-state index in [0.717, 1.165) is 128 Å². The van der Waals surface area contributed by atoms with Crippen LogP contribution in [-0.4, -0.2) is 37.2 Å². The van der Waals surface area contributed by atoms with E-state index in [2.05, 4.69) is 106 Å². The van der Waals surface area contributed by atoms with Gasteiger partial charge in [0.1, 0.15) is 13.2 Å². The lowest BCUT2D eigenvalue weighted by atomic mass is 10.1. The van der Waals surface area contributed by atoms with Crippen LogP contribution >= 0.6 is 0 Å². The number of allylic oxidation sites excluding steroid dienone is 20. The Bertz CT molecular complexity index is 1340. The molecule has 0 radical (unpaired) electrons. The van der Waals surface area contributed by atoms with Crippen LogP contribution in [0.2, 0.25) is 0 Å². The Balaban J connectivity index is 4.47. The molecule has 0 aliphatic heterocycles. The molecular formula is C55H86O6. The summed E-state index contributed by atoms with van der Waals surface area (Å²) >= 11 is 0. The second kappa shape index (κ2) is 48.5. The fourth-order valence-corrected chi connectivity index (χ4v) is 5.99. The van der Waals surface area contributed by atoms with Crippen molar-refractivity contribution >= 4 is 17.9 Å². The van der Waals surface area contributed by atoms with Crippen molar-refractivity contribution < 1.29 is 28.6 Å². The first-order chi connectivity index (χ1) is 30.0. The number of ether oxygens (including phenoxy) is 3. The Morgan fingerprint density at radius 3 is 1.18 bits per heavy atom. The molecule has 0 spiro atoms. The molecule has 0 rings (SSSR count). The van der Waals surface area contributed by atoms with E-state index in [0.29, 0.717) is 19.3 Å². The summed E-state index contributed by atoms with van der Waals surface area (Å²) in [5.74, 6) is -0.996. The van der Waals surface area contributed by atoms with Gasteiger partial charge in [0.05, 0.1) is 0 Å². The zero-order chi connectivity index (χ0) is 44.4. The zero-order valence-corrected chi connectivity index (χ0v) is 38.9. The maximum absolute atomic E-state index is 12.8. The minimum atomic E-state index is -0.811. The summed E-state index contributed by atoms with van der Waals surface area (Å²) in [6.45, 7) is 6.22. The third-order valence-corrected chi connectivity index (χ3v) is 9.54. The standard InChI is InChI=1S/C55H86O6/c1-4-7-10-13-16-19-21-23-25-27-28-30-31-33-36-39-42-45-48-54(57)60-51-52(50-59-53(56)47-44-41-38-35-18-15-12-9-6-3)61-55(58)49-46-43-40-37-34-32-29-26-24-22-20-17-14-11-8-5-2/h8-13,16-21,23-28,30,35,52H,4-7,14-15,22,29,31-34,36-51H2,1-3H3/b11-8-,12-9-,13-10-,19-16-,20-17-,23-21-,26-24-,27-25-,30-28-,35-18-. The summed E-state index contributed by atoms with van der Waals surface area (Å²) in [6.07, 6.45) is 66.1. The summed E-state index contributed by atoms with van der Waals surface area (Å²) in [6, 6.07) is 0. The Morgan fingerprint density at radius 1 is 0.361 bits per heavy atom. The minimum Gasteiger partial charge on any atom is -0.462 e. The Morgan fingerprint density at radius 2 is 0.705 bits per heavy atom. The van der Waals surface area contributed by atoms with Gasteiger partial charge in [-0.1, -0.05) is 194 Å². The van der Waals surface area contributed by atoms with Gasteiger partial charge < -0.3 is 14.2 Å². The molecule has 0 fully saturated rings. The predicted molar refractivity (Wildman–Crippen MR) is 260 cm³/mol. The van der Waals surface area contributed by atoms with Crippen LogP contribution in [0, 0.1) is 0 Å². The van der Waals surface area contributed by atoms with Crippen molar-refractivity contribution in [1.29, 1.82) is 0 Å². The van der Waals surface area contributed by atoms with Gasteiger partial charge in [0, 0.05) is 19.3 Å². The molecule has 0 aromatic heterocycles. The summed E-state index contributed by atoms with van der Waals surface area (Å²) in [7, 11) is 0. The number of hydrogen-bond donors (Lipinski definition) is 0. The average Bonchev–Trinajstić information content (AvgIpc) is 3.26. The Labute approximate surface area is 373 Å². The first-order valence-electron chi connectivity index (χ1n) is 24.1. The van der Waals surface area contributed by atoms with Crippen molar-refractivity contribution in [3.05, 3.63) is 122 Å². The molecule has 1 atom stereocenters. The third-order valence-electron chi connectivity index (χ3n) is 9.54. The molecule has 6 nitrogen and oxygen atoms in total. The summed E-state index contributed by atoms with van der Waals surface area (Å²) in [5, 5.41) is 0. The first kappa shape index (κ1) is 56.8. The van der Waals surface area contributed by atoms with Gasteiger partial charge in [-0.25, -0.2) is 0 Å². The largest absolute Gasteiger partial charge is 0.462 e. The minimum absolute atomic E-state index is 0.111. The Hall–Kier alpha value is -4.19. The lowest BCUT2D eigenvalue weighted by Crippen LogP contribution is -2.30. The maximum atomic E-state index is 12.8. The van der Waals surface area contributed by atoms with Crippen molar-refractivity contribution in [3.8, 4) is 0 Å². The van der Waals surface area contributed by atoms with Crippen LogP contribution in [0.1, 0.15) is 188 Å². The van der Waals surface area contributed by atoms with E-state index in [-0.39, 0.29) is 31.1 Å². The molecule has 0 aromatic rings. The first-order valence-corrected chi connectivity index (χ1v) is 24.1. The van der Waals surface area contributed by atoms with Crippen LogP contribution in [0.3, 0.4) is 0 Å². The topological polar surface area (TPSA) is 78.9 Å². The van der Waals surface area contributed by atoms with Crippen molar-refractivity contribution in [1.82, 2.24) is 0 Å². The summed E-state index contributed by atoms with van der Waals surface area (Å²) in [4.78, 5) is 37.8. The smallest absolute Gasteiger partial charge is 0.306 e. The average molecular weight is 843 g/mol. The van der Waals surface area contributed by atoms with Gasteiger partial charge in [-0.3, -0.25) is 14.4 Å². The van der Waals surface area contributed by atoms with Gasteiger partial charge >= 0.3 is 17.9 Å². The highest BCUT2D eigenvalue weighted by Gasteiger charge is 2.19. The van der Waals surface area contributed by atoms with Crippen LogP contribution in [0.25, 0.3) is 0 Å². The number of carbonyl (C=O) groups is 3. The lowest BCUT2D eigenvalue weighted by Gasteiger charge is -2.18. The van der Waals surface area contributed by atoms with Crippen molar-refractivity contribution in [2.45, 2.75) is 194 Å². The van der Waals surface area contributed by atoms with Crippen LogP contribution in [0.4, 0.5) is 0 Å². The third kappa shape index (κ3) is 46.7. The second-order valence-corrected chi connectivity index (χ2v) is 15.4. The fourth-order valence-electron chi connectivity index (χ4n) is 5.99. The van der Waals surface area contributed by atoms with E-state index in [4.69, 9.17) is 14.2 Å². The molecule has 0 saturated heterocycles. The molecule has 0 aromatic carbocycles. The van der Waals surface area contributed by atoms with Crippen molar-refractivity contribution in [2.24, 2.45) is 0 Å². The summed E-state index contributed by atoms with van der Waals surface area (Å²) in [5.41, 5.74) is 0. The maximum Gasteiger partial charge on any atom is 0.306 e. The van der Waals surface area contributed by atoms with Gasteiger partial charge in [0.25, 0.3) is 0 Å². The van der Waals surface area contributed by atoms with Gasteiger partial charge in [-0.2, -0.15) is 0 Å². The number of rotatable bonds is 41. The highest BCUT2D eigenvalue weighted by molar-refractivity contribution is 5.71. The monoisotopic (exact) mass is 843 g/mol. The molecule has 0 saturated carbocycles. The fraction of sp³-hybridized carbons (Fsp3) is 0.582. The van der Waals surface area contributed by atoms with E-state index >= 15 is 0 Å². The molecule has 0 aliphatic rings. The Kier molecular flexibility index (Phi) is 45.1. The number of esters is 3. The molecular weight excluding hydrogens is 757 g/mol. The van der Waals surface area contributed by atoms with Crippen LogP contribution in [0.5, 0.6) is 0 Å². The van der Waals surface area contributed by atoms with E-state index in [1.54, 1.807) is 0 Å². The highest BCUT2D eigenvalue weighted by atomic mass is 16.6. The van der Waals surface area contributed by atoms with Gasteiger partial charge in [0.15, 0.2) is 6.10 Å². The second-order valence-electron chi connectivity index (χ2n) is 15.4. The SMILES string of the molecule is CC/C=C\C/C=C\C/C=C\CCCCCCCCC(=O)OC(COC(=O)CCCC/C=C\C/C=C\CC)COC(=O)CCCCCCC\C=C/C=C\C=C/C=C\C=C/CCC. The predicted octanol–water partition coefficient (Wildman–Crippen LogP) is 15.7. The van der Waals surface area contributed by atoms with E-state index in [1.807, 2.05) is 36.5 Å². The lowest BCUT2D eigenvalue weighted by molar-refractivity contribution is -0.167. The van der Waals surface area contributed by atoms with Crippen molar-refractivity contribution in [2.75, 3.05) is 13.2 Å². The molecule has 0 bridgehead atoms. The highest BCUT2D eigenvalue weighted by Crippen LogP contribution is 2.12. The molecule has 342 valence electrons. The molecule has 0 aliphatic carbocycles. The number of carbonyl (C=O) groups excluding carboxylic acids is 3. The van der Waals surface area contributed by atoms with E-state index in [1.165, 1.54) is 19.3 Å². The van der Waals surface area contributed by atoms with Crippen molar-refractivity contribution in [3.63, 3.8) is 0 Å². The normalized spacial score (nSPS) is 13.2. The van der Waals surface area contributed by atoms with E-state index in [9.17, 15) is 14.4 Å². The van der Waals surface area contributed by atoms with Crippen LogP contribution in [0.15, 0.2) is 122 Å². The molecule has 0 heterocycles. The number of hydrogen-bond acceptors (Lipinski definition) is 6. The number of unbranched alkanes of at least 4 members (excludes halogenated alkanes) is 14. The molecule has 0 amide bonds. The molecule has 61 heavy (non-hydrogen) atoms. The molecule has 6 heteroatoms. The zero-order valence-electron chi connectivity index (χ0n) is 38.9. The molecule has 1 unspecified atom stereocenters. The summed E-state index contributed by atoms with van der Waals surface area (Å²) < 4.78 is 16.7.